The molecule has 1 saturated carbocycles. The molecule has 94 valence electrons. The van der Waals surface area contributed by atoms with Crippen molar-refractivity contribution in [2.45, 2.75) is 45.1 Å². The van der Waals surface area contributed by atoms with Crippen molar-refractivity contribution >= 4 is 11.6 Å². The van der Waals surface area contributed by atoms with Crippen molar-refractivity contribution in [3.8, 4) is 5.75 Å². The highest BCUT2D eigenvalue weighted by atomic mass is 35.5. The molecular weight excluding hydrogens is 236 g/mol. The number of rotatable bonds is 3. The molecule has 1 N–H and O–H groups in total. The summed E-state index contributed by atoms with van der Waals surface area (Å²) < 4.78 is 5.52. The van der Waals surface area contributed by atoms with Gasteiger partial charge in [0.15, 0.2) is 0 Å². The number of benzene rings is 1. The van der Waals surface area contributed by atoms with Gasteiger partial charge in [-0.25, -0.2) is 0 Å². The number of halogens is 1. The third kappa shape index (κ3) is 2.04. The molecule has 1 aromatic rings. The first-order chi connectivity index (χ1) is 7.90. The molecule has 0 spiro atoms. The molecule has 3 heteroatoms. The van der Waals surface area contributed by atoms with Crippen LogP contribution in [-0.2, 0) is 5.60 Å². The predicted molar refractivity (Wildman–Crippen MR) is 70.0 cm³/mol. The van der Waals surface area contributed by atoms with Gasteiger partial charge in [0, 0.05) is 10.6 Å². The van der Waals surface area contributed by atoms with Crippen LogP contribution >= 0.6 is 11.6 Å². The van der Waals surface area contributed by atoms with Crippen LogP contribution in [0.25, 0.3) is 0 Å². The highest BCUT2D eigenvalue weighted by molar-refractivity contribution is 6.31. The summed E-state index contributed by atoms with van der Waals surface area (Å²) in [5.74, 6) is 1.13. The lowest BCUT2D eigenvalue weighted by Crippen LogP contribution is -2.12. The largest absolute Gasteiger partial charge is 0.496 e. The molecule has 0 saturated heterocycles. The summed E-state index contributed by atoms with van der Waals surface area (Å²) in [6.45, 7) is 6.15. The van der Waals surface area contributed by atoms with Crippen molar-refractivity contribution in [2.75, 3.05) is 7.11 Å². The van der Waals surface area contributed by atoms with Crippen LogP contribution in [0.5, 0.6) is 5.75 Å². The van der Waals surface area contributed by atoms with Crippen LogP contribution in [0.1, 0.15) is 49.3 Å². The Morgan fingerprint density at radius 2 is 2.00 bits per heavy atom. The number of methoxy groups -OCH3 is 1. The zero-order valence-corrected chi connectivity index (χ0v) is 11.6. The van der Waals surface area contributed by atoms with Crippen LogP contribution in [0.3, 0.4) is 0 Å². The molecule has 0 aliphatic heterocycles. The summed E-state index contributed by atoms with van der Waals surface area (Å²) in [6, 6.07) is 1.95. The average molecular weight is 255 g/mol. The smallest absolute Gasteiger partial charge is 0.128 e. The molecule has 0 heterocycles. The summed E-state index contributed by atoms with van der Waals surface area (Å²) in [7, 11) is 1.66. The van der Waals surface area contributed by atoms with Gasteiger partial charge in [-0.15, -0.1) is 0 Å². The van der Waals surface area contributed by atoms with E-state index < -0.39 is 5.60 Å². The molecular formula is C14H19ClO2. The zero-order chi connectivity index (χ0) is 12.8. The van der Waals surface area contributed by atoms with Crippen LogP contribution in [0, 0.1) is 6.92 Å². The molecule has 0 amide bonds. The van der Waals surface area contributed by atoms with Crippen molar-refractivity contribution in [1.82, 2.24) is 0 Å². The minimum Gasteiger partial charge on any atom is -0.496 e. The minimum absolute atomic E-state index is 0.323. The first-order valence-corrected chi connectivity index (χ1v) is 6.38. The standard InChI is InChI=1S/C14H19ClO2/c1-8(2)10-7-11(15)9(3)12(13(10)17-4)14(16)5-6-14/h7-8,16H,5-6H2,1-4H3. The van der Waals surface area contributed by atoms with E-state index in [9.17, 15) is 5.11 Å². The predicted octanol–water partition coefficient (Wildman–Crippen LogP) is 3.76. The van der Waals surface area contributed by atoms with Gasteiger partial charge in [0.05, 0.1) is 12.7 Å². The Morgan fingerprint density at radius 1 is 1.41 bits per heavy atom. The zero-order valence-electron chi connectivity index (χ0n) is 10.8. The molecule has 1 fully saturated rings. The lowest BCUT2D eigenvalue weighted by atomic mass is 9.92. The second kappa shape index (κ2) is 4.18. The molecule has 0 unspecified atom stereocenters. The van der Waals surface area contributed by atoms with Gasteiger partial charge < -0.3 is 9.84 Å². The number of hydrogen-bond acceptors (Lipinski definition) is 2. The van der Waals surface area contributed by atoms with Gasteiger partial charge in [0.2, 0.25) is 0 Å². The van der Waals surface area contributed by atoms with E-state index in [-0.39, 0.29) is 0 Å². The Bertz CT molecular complexity index is 448. The minimum atomic E-state index is -0.718. The third-order valence-electron chi connectivity index (χ3n) is 3.52. The van der Waals surface area contributed by atoms with E-state index in [2.05, 4.69) is 13.8 Å². The first kappa shape index (κ1) is 12.7. The second-order valence-corrected chi connectivity index (χ2v) is 5.57. The first-order valence-electron chi connectivity index (χ1n) is 6.00. The lowest BCUT2D eigenvalue weighted by Gasteiger charge is -2.22. The Balaban J connectivity index is 2.70. The van der Waals surface area contributed by atoms with E-state index in [1.54, 1.807) is 7.11 Å². The third-order valence-corrected chi connectivity index (χ3v) is 3.91. The number of aliphatic hydroxyl groups is 1. The van der Waals surface area contributed by atoms with Crippen molar-refractivity contribution < 1.29 is 9.84 Å². The summed E-state index contributed by atoms with van der Waals surface area (Å²) in [4.78, 5) is 0. The molecule has 1 aromatic carbocycles. The van der Waals surface area contributed by atoms with Crippen LogP contribution in [0.4, 0.5) is 0 Å². The van der Waals surface area contributed by atoms with E-state index in [1.807, 2.05) is 13.0 Å². The van der Waals surface area contributed by atoms with Crippen LogP contribution in [-0.4, -0.2) is 12.2 Å². The van der Waals surface area contributed by atoms with Gasteiger partial charge in [0.25, 0.3) is 0 Å². The van der Waals surface area contributed by atoms with Gasteiger partial charge >= 0.3 is 0 Å². The monoisotopic (exact) mass is 254 g/mol. The molecule has 0 radical (unpaired) electrons. The fourth-order valence-electron chi connectivity index (χ4n) is 2.32. The van der Waals surface area contributed by atoms with Crippen molar-refractivity contribution in [3.05, 3.63) is 27.8 Å². The highest BCUT2D eigenvalue weighted by Gasteiger charge is 2.46. The van der Waals surface area contributed by atoms with Crippen LogP contribution in [0.15, 0.2) is 6.07 Å². The molecule has 0 aromatic heterocycles. The normalized spacial score (nSPS) is 17.4. The summed E-state index contributed by atoms with van der Waals surface area (Å²) in [6.07, 6.45) is 1.59. The Morgan fingerprint density at radius 3 is 2.41 bits per heavy atom. The van der Waals surface area contributed by atoms with Crippen molar-refractivity contribution in [2.24, 2.45) is 0 Å². The molecule has 1 aliphatic rings. The van der Waals surface area contributed by atoms with Crippen molar-refractivity contribution in [3.63, 3.8) is 0 Å². The summed E-state index contributed by atoms with van der Waals surface area (Å²) in [5.41, 5.74) is 2.17. The number of hydrogen-bond donors (Lipinski definition) is 1. The van der Waals surface area contributed by atoms with Gasteiger partial charge in [-0.1, -0.05) is 25.4 Å². The Kier molecular flexibility index (Phi) is 3.13. The SMILES string of the molecule is COc1c(C(C)C)cc(Cl)c(C)c1C1(O)CC1. The quantitative estimate of drug-likeness (QED) is 0.890. The lowest BCUT2D eigenvalue weighted by molar-refractivity contribution is 0.146. The topological polar surface area (TPSA) is 29.5 Å². The van der Waals surface area contributed by atoms with E-state index in [0.29, 0.717) is 10.9 Å². The van der Waals surface area contributed by atoms with E-state index in [4.69, 9.17) is 16.3 Å². The molecule has 2 nitrogen and oxygen atoms in total. The van der Waals surface area contributed by atoms with Crippen LogP contribution < -0.4 is 4.74 Å². The van der Waals surface area contributed by atoms with Gasteiger partial charge in [0.1, 0.15) is 5.75 Å². The average Bonchev–Trinajstić information content (AvgIpc) is 2.99. The maximum atomic E-state index is 10.4. The van der Waals surface area contributed by atoms with E-state index in [1.165, 1.54) is 0 Å². The molecule has 0 bridgehead atoms. The summed E-state index contributed by atoms with van der Waals surface area (Å²) >= 11 is 6.26. The van der Waals surface area contributed by atoms with Crippen LogP contribution in [0.2, 0.25) is 5.02 Å². The molecule has 2 rings (SSSR count). The Hall–Kier alpha value is -0.730. The fraction of sp³-hybridized carbons (Fsp3) is 0.571. The van der Waals surface area contributed by atoms with E-state index in [0.717, 1.165) is 35.3 Å². The molecule has 1 aliphatic carbocycles. The number of ether oxygens (including phenoxy) is 1. The van der Waals surface area contributed by atoms with Gasteiger partial charge in [-0.3, -0.25) is 0 Å². The summed E-state index contributed by atoms with van der Waals surface area (Å²) in [5, 5.41) is 11.1. The maximum absolute atomic E-state index is 10.4. The Labute approximate surface area is 108 Å². The van der Waals surface area contributed by atoms with Gasteiger partial charge in [-0.05, 0) is 42.9 Å². The molecule has 0 atom stereocenters. The molecule has 17 heavy (non-hydrogen) atoms. The fourth-order valence-corrected chi connectivity index (χ4v) is 2.53. The maximum Gasteiger partial charge on any atom is 0.128 e. The van der Waals surface area contributed by atoms with Gasteiger partial charge in [-0.2, -0.15) is 0 Å². The van der Waals surface area contributed by atoms with E-state index >= 15 is 0 Å². The second-order valence-electron chi connectivity index (χ2n) is 5.17. The van der Waals surface area contributed by atoms with Crippen molar-refractivity contribution in [1.29, 1.82) is 0 Å². The highest BCUT2D eigenvalue weighted by Crippen LogP contribution is 2.53.